The minimum Gasteiger partial charge on any atom is -0.390 e. The number of nitrogens with zero attached hydrogens (tertiary/aromatic N) is 1. The van der Waals surface area contributed by atoms with Gasteiger partial charge in [0.2, 0.25) is 0 Å². The van der Waals surface area contributed by atoms with E-state index in [2.05, 4.69) is 6.07 Å². The molecule has 0 aliphatic rings. The predicted molar refractivity (Wildman–Crippen MR) is 101 cm³/mol. The van der Waals surface area contributed by atoms with Crippen LogP contribution in [-0.4, -0.2) is 33.1 Å². The van der Waals surface area contributed by atoms with Crippen molar-refractivity contribution in [2.45, 2.75) is 56.3 Å². The third kappa shape index (κ3) is 5.67. The van der Waals surface area contributed by atoms with Crippen LogP contribution in [0, 0.1) is 11.3 Å². The van der Waals surface area contributed by atoms with Crippen LogP contribution in [0.1, 0.15) is 36.8 Å². The van der Waals surface area contributed by atoms with Crippen LogP contribution in [-0.2, 0) is 12.8 Å². The summed E-state index contributed by atoms with van der Waals surface area (Å²) in [4.78, 5) is 0. The molecule has 0 saturated carbocycles. The van der Waals surface area contributed by atoms with Gasteiger partial charge >= 0.3 is 0 Å². The van der Waals surface area contributed by atoms with Crippen molar-refractivity contribution in [3.63, 3.8) is 0 Å². The molecule has 0 aliphatic heterocycles. The molecule has 3 N–H and O–H groups in total. The van der Waals surface area contributed by atoms with Crippen molar-refractivity contribution in [3.8, 4) is 6.07 Å². The fourth-order valence-electron chi connectivity index (χ4n) is 3.20. The van der Waals surface area contributed by atoms with Crippen molar-refractivity contribution in [1.82, 2.24) is 0 Å². The maximum Gasteiger partial charge on any atom is 0.117 e. The van der Waals surface area contributed by atoms with E-state index in [1.54, 1.807) is 0 Å². The molecule has 4 heteroatoms. The highest BCUT2D eigenvalue weighted by Gasteiger charge is 2.42. The largest absolute Gasteiger partial charge is 0.390 e. The Morgan fingerprint density at radius 1 is 0.808 bits per heavy atom. The number of nitriles is 1. The fourth-order valence-corrected chi connectivity index (χ4v) is 3.20. The summed E-state index contributed by atoms with van der Waals surface area (Å²) in [7, 11) is 0. The zero-order valence-corrected chi connectivity index (χ0v) is 15.0. The van der Waals surface area contributed by atoms with Gasteiger partial charge < -0.3 is 15.3 Å². The summed E-state index contributed by atoms with van der Waals surface area (Å²) in [5.41, 5.74) is 0.186. The Morgan fingerprint density at radius 3 is 1.69 bits per heavy atom. The molecule has 0 bridgehead atoms. The lowest BCUT2D eigenvalue weighted by molar-refractivity contribution is -0.150. The first-order chi connectivity index (χ1) is 12.6. The van der Waals surface area contributed by atoms with E-state index in [0.29, 0.717) is 19.3 Å². The highest BCUT2D eigenvalue weighted by molar-refractivity contribution is 5.19. The lowest BCUT2D eigenvalue weighted by Gasteiger charge is -2.37. The molecule has 0 saturated heterocycles. The third-order valence-corrected chi connectivity index (χ3v) is 4.81. The van der Waals surface area contributed by atoms with Crippen molar-refractivity contribution in [1.29, 1.82) is 5.26 Å². The molecule has 0 fully saturated rings. The van der Waals surface area contributed by atoms with Gasteiger partial charge in [0.25, 0.3) is 0 Å². The Bertz CT molecular complexity index is 634. The number of hydrogen-bond donors (Lipinski definition) is 3. The van der Waals surface area contributed by atoms with Gasteiger partial charge in [-0.05, 0) is 30.4 Å². The Balaban J connectivity index is 2.12. The molecule has 26 heavy (non-hydrogen) atoms. The lowest BCUT2D eigenvalue weighted by Crippen LogP contribution is -2.54. The number of benzene rings is 2. The number of unbranched alkanes of at least 4 members (excludes halogenated alkanes) is 2. The lowest BCUT2D eigenvalue weighted by atomic mass is 9.80. The predicted octanol–water partition coefficient (Wildman–Crippen LogP) is 3.01. The minimum absolute atomic E-state index is 0.247. The average molecular weight is 353 g/mol. The summed E-state index contributed by atoms with van der Waals surface area (Å²) in [5, 5.41) is 41.4. The van der Waals surface area contributed by atoms with Crippen molar-refractivity contribution in [3.05, 3.63) is 71.8 Å². The second-order valence-electron chi connectivity index (χ2n) is 6.77. The van der Waals surface area contributed by atoms with E-state index in [0.717, 1.165) is 11.1 Å². The van der Waals surface area contributed by atoms with Gasteiger partial charge in [-0.2, -0.15) is 5.26 Å². The van der Waals surface area contributed by atoms with Crippen LogP contribution in [0.2, 0.25) is 0 Å². The SMILES string of the molecule is N#CCCCCC(O)(C(O)Cc1ccccc1)C(O)Cc1ccccc1. The number of hydrogen-bond acceptors (Lipinski definition) is 4. The normalized spacial score (nSPS) is 15.6. The smallest absolute Gasteiger partial charge is 0.117 e. The average Bonchev–Trinajstić information content (AvgIpc) is 2.66. The number of rotatable bonds is 10. The molecule has 0 radical (unpaired) electrons. The highest BCUT2D eigenvalue weighted by atomic mass is 16.4. The van der Waals surface area contributed by atoms with E-state index in [1.165, 1.54) is 0 Å². The van der Waals surface area contributed by atoms with E-state index < -0.39 is 17.8 Å². The summed E-state index contributed by atoms with van der Waals surface area (Å²) in [6.45, 7) is 0. The van der Waals surface area contributed by atoms with Crippen LogP contribution >= 0.6 is 0 Å². The molecule has 2 rings (SSSR count). The fraction of sp³-hybridized carbons (Fsp3) is 0.409. The molecule has 2 atom stereocenters. The van der Waals surface area contributed by atoms with Crippen LogP contribution < -0.4 is 0 Å². The zero-order chi connectivity index (χ0) is 18.8. The monoisotopic (exact) mass is 353 g/mol. The second-order valence-corrected chi connectivity index (χ2v) is 6.77. The molecular weight excluding hydrogens is 326 g/mol. The van der Waals surface area contributed by atoms with Crippen LogP contribution in [0.15, 0.2) is 60.7 Å². The molecule has 0 spiro atoms. The van der Waals surface area contributed by atoms with E-state index in [1.807, 2.05) is 60.7 Å². The number of aliphatic hydroxyl groups excluding tert-OH is 2. The molecule has 0 heterocycles. The maximum atomic E-state index is 11.2. The van der Waals surface area contributed by atoms with Gasteiger partial charge in [-0.1, -0.05) is 60.7 Å². The van der Waals surface area contributed by atoms with Crippen LogP contribution in [0.3, 0.4) is 0 Å². The summed E-state index contributed by atoms with van der Waals surface area (Å²) in [6.07, 6.45) is 0.201. The molecule has 4 nitrogen and oxygen atoms in total. The Hall–Kier alpha value is -2.19. The minimum atomic E-state index is -1.62. The van der Waals surface area contributed by atoms with Gasteiger partial charge in [-0.3, -0.25) is 0 Å². The first kappa shape index (κ1) is 20.1. The van der Waals surface area contributed by atoms with Gasteiger partial charge in [0.05, 0.1) is 18.3 Å². The zero-order valence-electron chi connectivity index (χ0n) is 15.0. The van der Waals surface area contributed by atoms with E-state index in [-0.39, 0.29) is 19.3 Å². The summed E-state index contributed by atoms with van der Waals surface area (Å²) < 4.78 is 0. The topological polar surface area (TPSA) is 84.5 Å². The molecule has 2 aromatic carbocycles. The maximum absolute atomic E-state index is 11.2. The van der Waals surface area contributed by atoms with Crippen molar-refractivity contribution in [2.24, 2.45) is 0 Å². The van der Waals surface area contributed by atoms with E-state index in [9.17, 15) is 15.3 Å². The van der Waals surface area contributed by atoms with Crippen molar-refractivity contribution < 1.29 is 15.3 Å². The second kappa shape index (κ2) is 10.1. The molecular formula is C22H27NO3. The van der Waals surface area contributed by atoms with E-state index in [4.69, 9.17) is 5.26 Å². The highest BCUT2D eigenvalue weighted by Crippen LogP contribution is 2.28. The van der Waals surface area contributed by atoms with Gasteiger partial charge in [-0.25, -0.2) is 0 Å². The van der Waals surface area contributed by atoms with Gasteiger partial charge in [-0.15, -0.1) is 0 Å². The van der Waals surface area contributed by atoms with Gasteiger partial charge in [0.15, 0.2) is 0 Å². The molecule has 0 amide bonds. The Kier molecular flexibility index (Phi) is 7.80. The molecule has 2 unspecified atom stereocenters. The summed E-state index contributed by atoms with van der Waals surface area (Å²) in [6, 6.07) is 21.0. The van der Waals surface area contributed by atoms with Crippen LogP contribution in [0.25, 0.3) is 0 Å². The quantitative estimate of drug-likeness (QED) is 0.573. The van der Waals surface area contributed by atoms with Crippen LogP contribution in [0.5, 0.6) is 0 Å². The summed E-state index contributed by atoms with van der Waals surface area (Å²) in [5.74, 6) is 0. The molecule has 0 aliphatic carbocycles. The van der Waals surface area contributed by atoms with Crippen molar-refractivity contribution >= 4 is 0 Å². The van der Waals surface area contributed by atoms with Crippen LogP contribution in [0.4, 0.5) is 0 Å². The van der Waals surface area contributed by atoms with Gasteiger partial charge in [0.1, 0.15) is 5.60 Å². The summed E-state index contributed by atoms with van der Waals surface area (Å²) >= 11 is 0. The standard InChI is InChI=1S/C22H27NO3/c23-15-9-3-8-14-22(26,20(24)16-18-10-4-1-5-11-18)21(25)17-19-12-6-2-7-13-19/h1-2,4-7,10-13,20-21,24-26H,3,8-9,14,16-17H2. The third-order valence-electron chi connectivity index (χ3n) is 4.81. The van der Waals surface area contributed by atoms with Crippen molar-refractivity contribution in [2.75, 3.05) is 0 Å². The Labute approximate surface area is 155 Å². The Morgan fingerprint density at radius 2 is 1.27 bits per heavy atom. The first-order valence-electron chi connectivity index (χ1n) is 9.09. The number of aliphatic hydroxyl groups is 3. The molecule has 2 aromatic rings. The first-order valence-corrected chi connectivity index (χ1v) is 9.09. The van der Waals surface area contributed by atoms with E-state index >= 15 is 0 Å². The van der Waals surface area contributed by atoms with Gasteiger partial charge in [0, 0.05) is 19.3 Å². The molecule has 0 aromatic heterocycles. The molecule has 138 valence electrons.